The van der Waals surface area contributed by atoms with E-state index < -0.39 is 12.0 Å². The predicted molar refractivity (Wildman–Crippen MR) is 70.8 cm³/mol. The lowest BCUT2D eigenvalue weighted by Gasteiger charge is -2.23. The normalized spacial score (nSPS) is 24.3. The molecule has 1 saturated heterocycles. The van der Waals surface area contributed by atoms with Crippen LogP contribution in [0.4, 0.5) is 0 Å². The van der Waals surface area contributed by atoms with Crippen molar-refractivity contribution in [1.29, 1.82) is 0 Å². The number of carboxylic acid groups (broad SMARTS) is 1. The molecule has 6 heteroatoms. The summed E-state index contributed by atoms with van der Waals surface area (Å²) in [5.41, 5.74) is 0. The number of hydrogen-bond acceptors (Lipinski definition) is 4. The Morgan fingerprint density at radius 3 is 2.50 bits per heavy atom. The second-order valence-electron chi connectivity index (χ2n) is 5.39. The monoisotopic (exact) mass is 275 g/mol. The van der Waals surface area contributed by atoms with Gasteiger partial charge in [-0.2, -0.15) is 0 Å². The Hall–Kier alpha value is -0.750. The Balaban J connectivity index is 2.62. The highest BCUT2D eigenvalue weighted by Gasteiger charge is 2.39. The molecular weight excluding hydrogens is 254 g/mol. The molecular formula is C12H21NO4S. The zero-order chi connectivity index (χ0) is 13.9. The van der Waals surface area contributed by atoms with E-state index >= 15 is 0 Å². The van der Waals surface area contributed by atoms with Crippen LogP contribution in [-0.4, -0.2) is 58.2 Å². The van der Waals surface area contributed by atoms with Crippen LogP contribution < -0.4 is 0 Å². The maximum atomic E-state index is 12.1. The number of thioether (sulfide) groups is 1. The molecule has 1 rings (SSSR count). The first-order chi connectivity index (χ1) is 8.24. The van der Waals surface area contributed by atoms with E-state index in [-0.39, 0.29) is 16.8 Å². The Morgan fingerprint density at radius 1 is 1.44 bits per heavy atom. The highest BCUT2D eigenvalue weighted by molar-refractivity contribution is 8.01. The lowest BCUT2D eigenvalue weighted by molar-refractivity contribution is -0.147. The zero-order valence-electron chi connectivity index (χ0n) is 11.3. The van der Waals surface area contributed by atoms with Crippen LogP contribution in [0.15, 0.2) is 0 Å². The molecule has 2 atom stereocenters. The minimum absolute atomic E-state index is 0.00520. The van der Waals surface area contributed by atoms with E-state index in [1.165, 1.54) is 16.7 Å². The largest absolute Gasteiger partial charge is 0.480 e. The summed E-state index contributed by atoms with van der Waals surface area (Å²) >= 11 is 1.53. The van der Waals surface area contributed by atoms with Gasteiger partial charge >= 0.3 is 5.97 Å². The molecule has 0 aromatic carbocycles. The Morgan fingerprint density at radius 2 is 2.06 bits per heavy atom. The highest BCUT2D eigenvalue weighted by Crippen LogP contribution is 2.26. The molecule has 0 radical (unpaired) electrons. The first-order valence-electron chi connectivity index (χ1n) is 5.93. The molecule has 1 aliphatic rings. The number of aliphatic carboxylic acids is 1. The van der Waals surface area contributed by atoms with Crippen molar-refractivity contribution in [3.05, 3.63) is 0 Å². The first kappa shape index (κ1) is 15.3. The van der Waals surface area contributed by atoms with Crippen LogP contribution in [0, 0.1) is 0 Å². The van der Waals surface area contributed by atoms with Gasteiger partial charge in [-0.1, -0.05) is 20.8 Å². The SMILES string of the molecule is COC1CC(C(=O)O)N(C(=O)CSC(C)(C)C)C1. The Bertz CT molecular complexity index is 327. The summed E-state index contributed by atoms with van der Waals surface area (Å²) in [6.07, 6.45) is 0.201. The van der Waals surface area contributed by atoms with E-state index in [1.807, 2.05) is 20.8 Å². The van der Waals surface area contributed by atoms with Gasteiger partial charge in [0.25, 0.3) is 0 Å². The van der Waals surface area contributed by atoms with E-state index in [4.69, 9.17) is 9.84 Å². The number of carbonyl (C=O) groups excluding carboxylic acids is 1. The van der Waals surface area contributed by atoms with Crippen molar-refractivity contribution in [3.8, 4) is 0 Å². The van der Waals surface area contributed by atoms with Gasteiger partial charge in [0.15, 0.2) is 0 Å². The smallest absolute Gasteiger partial charge is 0.326 e. The van der Waals surface area contributed by atoms with E-state index in [9.17, 15) is 9.59 Å². The number of hydrogen-bond donors (Lipinski definition) is 1. The third-order valence-electron chi connectivity index (χ3n) is 2.83. The summed E-state index contributed by atoms with van der Waals surface area (Å²) < 4.78 is 5.15. The lowest BCUT2D eigenvalue weighted by Crippen LogP contribution is -2.42. The van der Waals surface area contributed by atoms with Crippen molar-refractivity contribution in [2.24, 2.45) is 0 Å². The number of nitrogens with zero attached hydrogens (tertiary/aromatic N) is 1. The molecule has 1 N–H and O–H groups in total. The molecule has 1 fully saturated rings. The van der Waals surface area contributed by atoms with Crippen molar-refractivity contribution in [2.75, 3.05) is 19.4 Å². The second-order valence-corrected chi connectivity index (χ2v) is 7.20. The summed E-state index contributed by atoms with van der Waals surface area (Å²) in [5, 5.41) is 9.12. The molecule has 2 unspecified atom stereocenters. The van der Waals surface area contributed by atoms with Gasteiger partial charge in [0.1, 0.15) is 6.04 Å². The van der Waals surface area contributed by atoms with E-state index in [1.54, 1.807) is 7.11 Å². The number of rotatable bonds is 4. The van der Waals surface area contributed by atoms with Crippen LogP contribution in [0.5, 0.6) is 0 Å². The van der Waals surface area contributed by atoms with Crippen LogP contribution in [-0.2, 0) is 14.3 Å². The molecule has 0 saturated carbocycles. The van der Waals surface area contributed by atoms with Crippen LogP contribution in [0.3, 0.4) is 0 Å². The standard InChI is InChI=1S/C12H21NO4S/c1-12(2,3)18-7-10(14)13-6-8(17-4)5-9(13)11(15)16/h8-9H,5-7H2,1-4H3,(H,15,16). The van der Waals surface area contributed by atoms with Gasteiger partial charge in [0.05, 0.1) is 11.9 Å². The predicted octanol–water partition coefficient (Wildman–Crippen LogP) is 1.22. The van der Waals surface area contributed by atoms with Gasteiger partial charge in [-0.05, 0) is 0 Å². The van der Waals surface area contributed by atoms with Gasteiger partial charge in [-0.15, -0.1) is 11.8 Å². The summed E-state index contributed by atoms with van der Waals surface area (Å²) in [6, 6.07) is -0.747. The second kappa shape index (κ2) is 5.93. The fraction of sp³-hybridized carbons (Fsp3) is 0.833. The molecule has 1 heterocycles. The molecule has 1 aliphatic heterocycles. The molecule has 0 aromatic heterocycles. The number of carboxylic acids is 1. The van der Waals surface area contributed by atoms with Crippen molar-refractivity contribution < 1.29 is 19.4 Å². The summed E-state index contributed by atoms with van der Waals surface area (Å²) in [6.45, 7) is 6.46. The number of likely N-dealkylation sites (tertiary alicyclic amines) is 1. The van der Waals surface area contributed by atoms with Gasteiger partial charge in [0, 0.05) is 24.8 Å². The number of carbonyl (C=O) groups is 2. The quantitative estimate of drug-likeness (QED) is 0.835. The summed E-state index contributed by atoms with van der Waals surface area (Å²) in [7, 11) is 1.54. The lowest BCUT2D eigenvalue weighted by atomic mass is 10.2. The van der Waals surface area contributed by atoms with Gasteiger partial charge in [-0.25, -0.2) is 4.79 Å². The molecule has 0 bridgehead atoms. The van der Waals surface area contributed by atoms with Crippen LogP contribution >= 0.6 is 11.8 Å². The van der Waals surface area contributed by atoms with Crippen molar-refractivity contribution in [2.45, 2.75) is 44.1 Å². The summed E-state index contributed by atoms with van der Waals surface area (Å²) in [4.78, 5) is 24.6. The zero-order valence-corrected chi connectivity index (χ0v) is 12.1. The average molecular weight is 275 g/mol. The molecule has 1 amide bonds. The van der Waals surface area contributed by atoms with Crippen molar-refractivity contribution in [1.82, 2.24) is 4.90 Å². The van der Waals surface area contributed by atoms with Crippen LogP contribution in [0.25, 0.3) is 0 Å². The van der Waals surface area contributed by atoms with Gasteiger partial charge in [-0.3, -0.25) is 4.79 Å². The minimum Gasteiger partial charge on any atom is -0.480 e. The van der Waals surface area contributed by atoms with Crippen molar-refractivity contribution >= 4 is 23.6 Å². The number of amides is 1. The van der Waals surface area contributed by atoms with Crippen LogP contribution in [0.2, 0.25) is 0 Å². The third kappa shape index (κ3) is 4.17. The molecule has 0 aromatic rings. The Labute approximate surface area is 112 Å². The fourth-order valence-electron chi connectivity index (χ4n) is 1.84. The maximum Gasteiger partial charge on any atom is 0.326 e. The fourth-order valence-corrected chi connectivity index (χ4v) is 2.56. The average Bonchev–Trinajstić information content (AvgIpc) is 2.69. The molecule has 0 spiro atoms. The maximum absolute atomic E-state index is 12.1. The first-order valence-corrected chi connectivity index (χ1v) is 6.92. The number of methoxy groups -OCH3 is 1. The van der Waals surface area contributed by atoms with Crippen LogP contribution in [0.1, 0.15) is 27.2 Å². The molecule has 104 valence electrons. The topological polar surface area (TPSA) is 66.8 Å². The highest BCUT2D eigenvalue weighted by atomic mass is 32.2. The molecule has 5 nitrogen and oxygen atoms in total. The molecule has 18 heavy (non-hydrogen) atoms. The third-order valence-corrected chi connectivity index (χ3v) is 4.09. The minimum atomic E-state index is -0.955. The van der Waals surface area contributed by atoms with E-state index in [2.05, 4.69) is 0 Å². The van der Waals surface area contributed by atoms with E-state index in [0.29, 0.717) is 18.7 Å². The van der Waals surface area contributed by atoms with Crippen molar-refractivity contribution in [3.63, 3.8) is 0 Å². The number of ether oxygens (including phenoxy) is 1. The summed E-state index contributed by atoms with van der Waals surface area (Å²) in [5.74, 6) is -0.769. The van der Waals surface area contributed by atoms with E-state index in [0.717, 1.165) is 0 Å². The Kier molecular flexibility index (Phi) is 5.04. The van der Waals surface area contributed by atoms with Gasteiger partial charge in [0.2, 0.25) is 5.91 Å². The van der Waals surface area contributed by atoms with Gasteiger partial charge < -0.3 is 14.7 Å². The molecule has 0 aliphatic carbocycles.